The first-order valence-electron chi connectivity index (χ1n) is 6.34. The van der Waals surface area contributed by atoms with E-state index in [0.717, 1.165) is 18.5 Å². The van der Waals surface area contributed by atoms with Crippen molar-refractivity contribution in [2.24, 2.45) is 0 Å². The van der Waals surface area contributed by atoms with E-state index in [1.165, 1.54) is 17.7 Å². The Bertz CT molecular complexity index is 588. The normalized spacial score (nSPS) is 10.4. The SMILES string of the molecule is O=[N+]([O-])c1ccc(CNCCc2ccccc2)c(Cl)c1. The second kappa shape index (κ2) is 7.03. The Balaban J connectivity index is 1.84. The van der Waals surface area contributed by atoms with Crippen molar-refractivity contribution in [1.29, 1.82) is 0 Å². The lowest BCUT2D eigenvalue weighted by atomic mass is 10.1. The maximum absolute atomic E-state index is 10.6. The molecule has 2 rings (SSSR count). The van der Waals surface area contributed by atoms with Gasteiger partial charge in [0.05, 0.1) is 9.95 Å². The van der Waals surface area contributed by atoms with Gasteiger partial charge in [-0.1, -0.05) is 41.9 Å². The predicted molar refractivity (Wildman–Crippen MR) is 80.0 cm³/mol. The highest BCUT2D eigenvalue weighted by atomic mass is 35.5. The van der Waals surface area contributed by atoms with Gasteiger partial charge in [-0.25, -0.2) is 0 Å². The van der Waals surface area contributed by atoms with Crippen molar-refractivity contribution < 1.29 is 4.92 Å². The third-order valence-electron chi connectivity index (χ3n) is 3.00. The number of hydrogen-bond acceptors (Lipinski definition) is 3. The van der Waals surface area contributed by atoms with Crippen LogP contribution in [-0.4, -0.2) is 11.5 Å². The number of rotatable bonds is 6. The molecule has 0 aliphatic carbocycles. The van der Waals surface area contributed by atoms with Gasteiger partial charge in [0, 0.05) is 18.7 Å². The number of non-ortho nitro benzene ring substituents is 1. The smallest absolute Gasteiger partial charge is 0.270 e. The Hall–Kier alpha value is -1.91. The monoisotopic (exact) mass is 290 g/mol. The van der Waals surface area contributed by atoms with E-state index < -0.39 is 4.92 Å². The lowest BCUT2D eigenvalue weighted by Gasteiger charge is -2.07. The topological polar surface area (TPSA) is 55.2 Å². The van der Waals surface area contributed by atoms with Crippen molar-refractivity contribution in [3.63, 3.8) is 0 Å². The van der Waals surface area contributed by atoms with Crippen molar-refractivity contribution in [2.45, 2.75) is 13.0 Å². The van der Waals surface area contributed by atoms with Crippen LogP contribution in [0.25, 0.3) is 0 Å². The van der Waals surface area contributed by atoms with Crippen LogP contribution in [0.5, 0.6) is 0 Å². The summed E-state index contributed by atoms with van der Waals surface area (Å²) in [4.78, 5) is 10.2. The maximum Gasteiger partial charge on any atom is 0.270 e. The van der Waals surface area contributed by atoms with Gasteiger partial charge in [-0.2, -0.15) is 0 Å². The lowest BCUT2D eigenvalue weighted by molar-refractivity contribution is -0.384. The maximum atomic E-state index is 10.6. The van der Waals surface area contributed by atoms with Gasteiger partial charge >= 0.3 is 0 Å². The van der Waals surface area contributed by atoms with Gasteiger partial charge in [-0.3, -0.25) is 10.1 Å². The zero-order valence-electron chi connectivity index (χ0n) is 10.9. The van der Waals surface area contributed by atoms with Crippen LogP contribution in [0.1, 0.15) is 11.1 Å². The standard InChI is InChI=1S/C15H15ClN2O2/c16-15-10-14(18(19)20)7-6-13(15)11-17-9-8-12-4-2-1-3-5-12/h1-7,10,17H,8-9,11H2. The fourth-order valence-corrected chi connectivity index (χ4v) is 2.14. The predicted octanol–water partition coefficient (Wildman–Crippen LogP) is 3.58. The second-order valence-corrected chi connectivity index (χ2v) is 4.85. The summed E-state index contributed by atoms with van der Waals surface area (Å²) < 4.78 is 0. The number of benzene rings is 2. The fourth-order valence-electron chi connectivity index (χ4n) is 1.89. The molecule has 1 N–H and O–H groups in total. The molecule has 0 radical (unpaired) electrons. The number of nitrogens with zero attached hydrogens (tertiary/aromatic N) is 1. The highest BCUT2D eigenvalue weighted by Crippen LogP contribution is 2.22. The third-order valence-corrected chi connectivity index (χ3v) is 3.35. The van der Waals surface area contributed by atoms with Crippen molar-refractivity contribution in [3.05, 3.63) is 74.8 Å². The summed E-state index contributed by atoms with van der Waals surface area (Å²) in [6.45, 7) is 1.43. The van der Waals surface area contributed by atoms with Crippen LogP contribution in [-0.2, 0) is 13.0 Å². The molecule has 0 bridgehead atoms. The van der Waals surface area contributed by atoms with Crippen molar-refractivity contribution in [1.82, 2.24) is 5.32 Å². The largest absolute Gasteiger partial charge is 0.312 e. The molecule has 0 unspecified atom stereocenters. The molecule has 0 atom stereocenters. The number of halogens is 1. The lowest BCUT2D eigenvalue weighted by Crippen LogP contribution is -2.16. The molecule has 0 heterocycles. The zero-order chi connectivity index (χ0) is 14.4. The molecular weight excluding hydrogens is 276 g/mol. The first-order chi connectivity index (χ1) is 9.66. The van der Waals surface area contributed by atoms with Gasteiger partial charge < -0.3 is 5.32 Å². The van der Waals surface area contributed by atoms with E-state index in [1.807, 2.05) is 18.2 Å². The molecule has 0 aliphatic rings. The zero-order valence-corrected chi connectivity index (χ0v) is 11.6. The Kier molecular flexibility index (Phi) is 5.09. The first kappa shape index (κ1) is 14.5. The quantitative estimate of drug-likeness (QED) is 0.502. The van der Waals surface area contributed by atoms with Crippen molar-refractivity contribution in [2.75, 3.05) is 6.54 Å². The minimum atomic E-state index is -0.446. The second-order valence-electron chi connectivity index (χ2n) is 4.45. The fraction of sp³-hybridized carbons (Fsp3) is 0.200. The van der Waals surface area contributed by atoms with E-state index in [4.69, 9.17) is 11.6 Å². The summed E-state index contributed by atoms with van der Waals surface area (Å²) in [7, 11) is 0. The molecule has 0 spiro atoms. The summed E-state index contributed by atoms with van der Waals surface area (Å²) in [5.74, 6) is 0. The van der Waals surface area contributed by atoms with Crippen molar-refractivity contribution >= 4 is 17.3 Å². The summed E-state index contributed by atoms with van der Waals surface area (Å²) in [6.07, 6.45) is 0.936. The van der Waals surface area contributed by atoms with Crippen molar-refractivity contribution in [3.8, 4) is 0 Å². The van der Waals surface area contributed by atoms with Gasteiger partial charge in [0.2, 0.25) is 0 Å². The van der Waals surface area contributed by atoms with Crippen LogP contribution in [0.3, 0.4) is 0 Å². The van der Waals surface area contributed by atoms with E-state index in [1.54, 1.807) is 6.07 Å². The Morgan fingerprint density at radius 1 is 1.15 bits per heavy atom. The molecule has 0 amide bonds. The Labute approximate surface area is 122 Å². The van der Waals surface area contributed by atoms with Crippen LogP contribution in [0.15, 0.2) is 48.5 Å². The van der Waals surface area contributed by atoms with Gasteiger partial charge in [0.25, 0.3) is 5.69 Å². The van der Waals surface area contributed by atoms with E-state index in [0.29, 0.717) is 11.6 Å². The average molecular weight is 291 g/mol. The summed E-state index contributed by atoms with van der Waals surface area (Å²) >= 11 is 6.02. The van der Waals surface area contributed by atoms with Crippen LogP contribution < -0.4 is 5.32 Å². The summed E-state index contributed by atoms with van der Waals surface area (Å²) in [5.41, 5.74) is 2.16. The van der Waals surface area contributed by atoms with E-state index in [9.17, 15) is 10.1 Å². The molecule has 0 fully saturated rings. The Morgan fingerprint density at radius 3 is 2.55 bits per heavy atom. The molecule has 2 aromatic carbocycles. The van der Waals surface area contributed by atoms with Gasteiger partial charge in [-0.15, -0.1) is 0 Å². The molecule has 5 heteroatoms. The molecule has 2 aromatic rings. The molecule has 0 saturated carbocycles. The van der Waals surface area contributed by atoms with Gasteiger partial charge in [0.15, 0.2) is 0 Å². The third kappa shape index (κ3) is 4.05. The first-order valence-corrected chi connectivity index (χ1v) is 6.72. The molecule has 0 aliphatic heterocycles. The van der Waals surface area contributed by atoms with E-state index in [-0.39, 0.29) is 5.69 Å². The summed E-state index contributed by atoms with van der Waals surface area (Å²) in [5, 5.41) is 14.3. The molecule has 4 nitrogen and oxygen atoms in total. The molecule has 0 aromatic heterocycles. The molecule has 20 heavy (non-hydrogen) atoms. The molecular formula is C15H15ClN2O2. The highest BCUT2D eigenvalue weighted by molar-refractivity contribution is 6.31. The summed E-state index contributed by atoms with van der Waals surface area (Å²) in [6, 6.07) is 14.7. The number of hydrogen-bond donors (Lipinski definition) is 1. The van der Waals surface area contributed by atoms with Gasteiger partial charge in [0.1, 0.15) is 0 Å². The average Bonchev–Trinajstić information content (AvgIpc) is 2.46. The van der Waals surface area contributed by atoms with Gasteiger partial charge in [-0.05, 0) is 30.2 Å². The highest BCUT2D eigenvalue weighted by Gasteiger charge is 2.08. The molecule has 104 valence electrons. The number of nitrogens with one attached hydrogen (secondary N) is 1. The van der Waals surface area contributed by atoms with Crippen LogP contribution in [0, 0.1) is 10.1 Å². The Morgan fingerprint density at radius 2 is 1.90 bits per heavy atom. The van der Waals surface area contributed by atoms with E-state index in [2.05, 4.69) is 17.4 Å². The van der Waals surface area contributed by atoms with E-state index >= 15 is 0 Å². The minimum Gasteiger partial charge on any atom is -0.312 e. The van der Waals surface area contributed by atoms with Crippen LogP contribution in [0.4, 0.5) is 5.69 Å². The molecule has 0 saturated heterocycles. The number of nitro benzene ring substituents is 1. The van der Waals surface area contributed by atoms with Crippen LogP contribution in [0.2, 0.25) is 5.02 Å². The number of nitro groups is 1. The minimum absolute atomic E-state index is 0.0167. The van der Waals surface area contributed by atoms with Crippen LogP contribution >= 0.6 is 11.6 Å².